The number of hydrogen-bond acceptors (Lipinski definition) is 8. The minimum atomic E-state index is -1.39. The molecule has 0 radical (unpaired) electrons. The van der Waals surface area contributed by atoms with Crippen LogP contribution < -0.4 is 15.0 Å². The van der Waals surface area contributed by atoms with Gasteiger partial charge in [-0.1, -0.05) is 18.2 Å². The summed E-state index contributed by atoms with van der Waals surface area (Å²) < 4.78 is 35.5. The molecule has 2 aromatic heterocycles. The molecular weight excluding hydrogens is 500 g/mol. The highest BCUT2D eigenvalue weighted by Gasteiger charge is 2.29. The molecule has 2 atom stereocenters. The van der Waals surface area contributed by atoms with Crippen LogP contribution in [0, 0.1) is 12.7 Å². The monoisotopic (exact) mass is 539 g/mol. The fourth-order valence-electron chi connectivity index (χ4n) is 5.41. The van der Waals surface area contributed by atoms with Crippen LogP contribution in [0.5, 0.6) is 5.88 Å². The van der Waals surface area contributed by atoms with Gasteiger partial charge in [0.2, 0.25) is 5.88 Å². The summed E-state index contributed by atoms with van der Waals surface area (Å²) >= 11 is 0. The highest BCUT2D eigenvalue weighted by atomic mass is 19.1. The van der Waals surface area contributed by atoms with E-state index in [2.05, 4.69) is 56.9 Å². The molecule has 0 amide bonds. The molecule has 0 saturated carbocycles. The third-order valence-corrected chi connectivity index (χ3v) is 7.75. The van der Waals surface area contributed by atoms with Crippen molar-refractivity contribution in [2.75, 3.05) is 56.5 Å². The maximum atomic E-state index is 15.2. The van der Waals surface area contributed by atoms with Crippen LogP contribution in [0.3, 0.4) is 0 Å². The maximum Gasteiger partial charge on any atom is 0.240 e. The van der Waals surface area contributed by atoms with E-state index in [0.717, 1.165) is 50.3 Å². The minimum Gasteiger partial charge on any atom is -0.470 e. The van der Waals surface area contributed by atoms with Gasteiger partial charge in [-0.3, -0.25) is 9.80 Å². The average molecular weight is 540 g/mol. The van der Waals surface area contributed by atoms with E-state index in [1.54, 1.807) is 12.1 Å². The number of benzene rings is 1. The van der Waals surface area contributed by atoms with Crippen molar-refractivity contribution >= 4 is 22.5 Å². The number of likely N-dealkylation sites (N-methyl/N-ethyl adjacent to an activating group) is 1. The van der Waals surface area contributed by atoms with Crippen molar-refractivity contribution in [2.24, 2.45) is 0 Å². The number of aryl methyl sites for hydroxylation is 1. The largest absolute Gasteiger partial charge is 0.470 e. The molecule has 4 heterocycles. The summed E-state index contributed by atoms with van der Waals surface area (Å²) in [6.07, 6.45) is -1.31. The van der Waals surface area contributed by atoms with Gasteiger partial charge in [0, 0.05) is 56.4 Å². The summed E-state index contributed by atoms with van der Waals surface area (Å²) in [6.45, 7) is 14.8. The van der Waals surface area contributed by atoms with Gasteiger partial charge in [0.05, 0.1) is 11.4 Å². The van der Waals surface area contributed by atoms with Gasteiger partial charge < -0.3 is 15.0 Å². The molecule has 1 N–H and O–H groups in total. The van der Waals surface area contributed by atoms with E-state index in [-0.39, 0.29) is 11.7 Å². The molecule has 8 nitrogen and oxygen atoms in total. The second kappa shape index (κ2) is 11.2. The summed E-state index contributed by atoms with van der Waals surface area (Å²) in [7, 11) is 2.07. The average Bonchev–Trinajstić information content (AvgIpc) is 2.87. The molecule has 0 aliphatic carbocycles. The van der Waals surface area contributed by atoms with E-state index in [9.17, 15) is 4.39 Å². The number of fused-ring (bicyclic) bond motifs is 1. The van der Waals surface area contributed by atoms with Gasteiger partial charge in [-0.05, 0) is 47.7 Å². The Balaban J connectivity index is 1.51. The summed E-state index contributed by atoms with van der Waals surface area (Å²) in [5.41, 5.74) is 1.88. The highest BCUT2D eigenvalue weighted by Crippen LogP contribution is 2.36. The van der Waals surface area contributed by atoms with E-state index in [4.69, 9.17) is 9.72 Å². The first kappa shape index (κ1) is 27.5. The summed E-state index contributed by atoms with van der Waals surface area (Å²) in [5, 5.41) is 4.10. The van der Waals surface area contributed by atoms with Crippen molar-refractivity contribution in [1.82, 2.24) is 24.8 Å². The lowest BCUT2D eigenvalue weighted by Gasteiger charge is -2.40. The number of nitrogens with one attached hydrogen (secondary N) is 1. The third kappa shape index (κ3) is 5.77. The molecule has 210 valence electrons. The van der Waals surface area contributed by atoms with Crippen molar-refractivity contribution in [2.45, 2.75) is 59.0 Å². The van der Waals surface area contributed by atoms with Crippen LogP contribution >= 0.6 is 0 Å². The normalized spacial score (nSPS) is 18.8. The van der Waals surface area contributed by atoms with E-state index in [1.807, 2.05) is 13.8 Å². The van der Waals surface area contributed by atoms with Crippen molar-refractivity contribution in [1.29, 1.82) is 0 Å². The molecular formula is C29H39F2N7O. The van der Waals surface area contributed by atoms with Crippen LogP contribution in [0.1, 0.15) is 56.9 Å². The highest BCUT2D eigenvalue weighted by molar-refractivity contribution is 5.90. The molecule has 39 heavy (non-hydrogen) atoms. The Morgan fingerprint density at radius 3 is 2.33 bits per heavy atom. The van der Waals surface area contributed by atoms with Gasteiger partial charge in [0.15, 0.2) is 5.65 Å². The number of halogens is 2. The van der Waals surface area contributed by atoms with Crippen LogP contribution in [0.15, 0.2) is 24.3 Å². The smallest absolute Gasteiger partial charge is 0.240 e. The lowest BCUT2D eigenvalue weighted by atomic mass is 10.0. The van der Waals surface area contributed by atoms with Crippen LogP contribution in [-0.2, 0) is 0 Å². The van der Waals surface area contributed by atoms with Gasteiger partial charge in [-0.2, -0.15) is 4.98 Å². The number of hydrogen-bond donors (Lipinski definition) is 1. The van der Waals surface area contributed by atoms with Crippen LogP contribution in [-0.4, -0.2) is 83.2 Å². The fraction of sp³-hybridized carbons (Fsp3) is 0.552. The molecule has 3 aromatic rings. The fourth-order valence-corrected chi connectivity index (χ4v) is 5.41. The Morgan fingerprint density at radius 2 is 1.69 bits per heavy atom. The first-order valence-electron chi connectivity index (χ1n) is 13.8. The number of nitrogens with zero attached hydrogens (tertiary/aromatic N) is 6. The number of likely N-dealkylation sites (tertiary alicyclic amines) is 1. The summed E-state index contributed by atoms with van der Waals surface area (Å²) in [6, 6.07) is 6.93. The number of alkyl halides is 1. The van der Waals surface area contributed by atoms with E-state index >= 15 is 4.39 Å². The Labute approximate surface area is 229 Å². The minimum absolute atomic E-state index is 0.0535. The Morgan fingerprint density at radius 1 is 1.00 bits per heavy atom. The topological polar surface area (TPSA) is 69.7 Å². The van der Waals surface area contributed by atoms with E-state index in [0.29, 0.717) is 34.8 Å². The van der Waals surface area contributed by atoms with Crippen molar-refractivity contribution in [3.63, 3.8) is 0 Å². The zero-order chi connectivity index (χ0) is 27.8. The molecule has 10 heteroatoms. The van der Waals surface area contributed by atoms with Gasteiger partial charge in [-0.15, -0.1) is 0 Å². The number of ether oxygens (including phenoxy) is 1. The molecule has 2 fully saturated rings. The Hall–Kier alpha value is -3.11. The molecule has 1 aromatic carbocycles. The first-order valence-corrected chi connectivity index (χ1v) is 13.8. The summed E-state index contributed by atoms with van der Waals surface area (Å²) in [4.78, 5) is 21.2. The Kier molecular flexibility index (Phi) is 7.87. The van der Waals surface area contributed by atoms with E-state index in [1.165, 1.54) is 13.0 Å². The van der Waals surface area contributed by atoms with E-state index < -0.39 is 18.0 Å². The predicted molar refractivity (Wildman–Crippen MR) is 151 cm³/mol. The SMILES string of the molecule is Cc1nc(N[C@H](C)c2cccc(C(C)F)c2F)c2cc(N3CCN(C(C)C)CC3)c(OC3CN(C)C3)nc2n1. The first-order chi connectivity index (χ1) is 18.6. The zero-order valence-corrected chi connectivity index (χ0v) is 23.7. The molecule has 2 saturated heterocycles. The maximum absolute atomic E-state index is 15.2. The number of piperazine rings is 1. The Bertz CT molecular complexity index is 1320. The standard InChI is InChI=1S/C29H39F2N7O/c1-17(2)37-10-12-38(13-11-37)25-14-24-27(32-19(4)23-9-7-8-22(18(3)30)26(23)31)33-20(5)34-28(24)35-29(25)39-21-15-36(6)16-21/h7-9,14,17-19,21H,10-13,15-16H2,1-6H3,(H,32,33,34,35)/t18?,19-/m1/s1. The van der Waals surface area contributed by atoms with Crippen LogP contribution in [0.4, 0.5) is 20.3 Å². The van der Waals surface area contributed by atoms with Gasteiger partial charge >= 0.3 is 0 Å². The van der Waals surface area contributed by atoms with Crippen LogP contribution in [0.2, 0.25) is 0 Å². The predicted octanol–water partition coefficient (Wildman–Crippen LogP) is 4.90. The van der Waals surface area contributed by atoms with Crippen LogP contribution in [0.25, 0.3) is 11.0 Å². The molecule has 0 bridgehead atoms. The van der Waals surface area contributed by atoms with Gasteiger partial charge in [0.25, 0.3) is 0 Å². The number of anilines is 2. The van der Waals surface area contributed by atoms with Crippen molar-refractivity contribution in [3.8, 4) is 5.88 Å². The lowest BCUT2D eigenvalue weighted by molar-refractivity contribution is 0.0360. The quantitative estimate of drug-likeness (QED) is 0.434. The number of aromatic nitrogens is 3. The van der Waals surface area contributed by atoms with Crippen molar-refractivity contribution in [3.05, 3.63) is 47.0 Å². The third-order valence-electron chi connectivity index (χ3n) is 7.75. The van der Waals surface area contributed by atoms with Crippen molar-refractivity contribution < 1.29 is 13.5 Å². The second-order valence-electron chi connectivity index (χ2n) is 11.1. The number of rotatable bonds is 8. The zero-order valence-electron chi connectivity index (χ0n) is 23.7. The lowest BCUT2D eigenvalue weighted by Crippen LogP contribution is -2.52. The number of pyridine rings is 1. The molecule has 5 rings (SSSR count). The summed E-state index contributed by atoms with van der Waals surface area (Å²) in [5.74, 6) is 1.16. The molecule has 2 aliphatic rings. The second-order valence-corrected chi connectivity index (χ2v) is 11.1. The van der Waals surface area contributed by atoms with Gasteiger partial charge in [-0.25, -0.2) is 18.7 Å². The van der Waals surface area contributed by atoms with Gasteiger partial charge in [0.1, 0.15) is 35.4 Å². The molecule has 1 unspecified atom stereocenters. The molecule has 2 aliphatic heterocycles. The molecule has 0 spiro atoms.